The van der Waals surface area contributed by atoms with Crippen LogP contribution in [0.4, 0.5) is 5.69 Å². The predicted octanol–water partition coefficient (Wildman–Crippen LogP) is 2.63. The molecule has 7 heteroatoms. The van der Waals surface area contributed by atoms with Crippen LogP contribution < -0.4 is 0 Å². The molecule has 1 aliphatic rings. The number of nitro benzene ring substituents is 1. The average molecular weight is 312 g/mol. The Bertz CT molecular complexity index is 662. The number of piperidine rings is 1. The number of benzene rings is 1. The second-order valence-electron chi connectivity index (χ2n) is 5.73. The summed E-state index contributed by atoms with van der Waals surface area (Å²) in [5, 5.41) is 11.0. The van der Waals surface area contributed by atoms with Gasteiger partial charge in [0.1, 0.15) is 0 Å². The fraction of sp³-hybridized carbons (Fsp3) is 0.571. The van der Waals surface area contributed by atoms with E-state index in [0.717, 1.165) is 12.8 Å². The lowest BCUT2D eigenvalue weighted by atomic mass is 10.0. The summed E-state index contributed by atoms with van der Waals surface area (Å²) in [4.78, 5) is 10.5. The van der Waals surface area contributed by atoms with Gasteiger partial charge in [-0.3, -0.25) is 10.1 Å². The van der Waals surface area contributed by atoms with Crippen LogP contribution in [0, 0.1) is 29.9 Å². The van der Waals surface area contributed by atoms with Gasteiger partial charge < -0.3 is 0 Å². The molecular formula is C14H20N2O4S. The van der Waals surface area contributed by atoms with E-state index < -0.39 is 14.9 Å². The summed E-state index contributed by atoms with van der Waals surface area (Å²) in [6, 6.07) is 2.59. The molecule has 0 radical (unpaired) electrons. The summed E-state index contributed by atoms with van der Waals surface area (Å²) < 4.78 is 26.9. The van der Waals surface area contributed by atoms with Gasteiger partial charge in [0.05, 0.1) is 9.82 Å². The van der Waals surface area contributed by atoms with Crippen molar-refractivity contribution in [3.63, 3.8) is 0 Å². The Hall–Kier alpha value is -1.47. The van der Waals surface area contributed by atoms with Gasteiger partial charge in [-0.2, -0.15) is 4.31 Å². The van der Waals surface area contributed by atoms with Crippen LogP contribution >= 0.6 is 0 Å². The molecule has 0 unspecified atom stereocenters. The third-order valence-electron chi connectivity index (χ3n) is 4.18. The molecule has 0 N–H and O–H groups in total. The monoisotopic (exact) mass is 312 g/mol. The Kier molecular flexibility index (Phi) is 4.34. The number of hydrogen-bond donors (Lipinski definition) is 0. The van der Waals surface area contributed by atoms with Crippen molar-refractivity contribution in [3.05, 3.63) is 33.4 Å². The SMILES string of the molecule is Cc1cc([N+](=O)[O-])cc(S(=O)(=O)N2CCC(C)CC2)c1C. The predicted molar refractivity (Wildman–Crippen MR) is 79.7 cm³/mol. The second-order valence-corrected chi connectivity index (χ2v) is 7.64. The molecule has 0 saturated carbocycles. The maximum atomic E-state index is 12.7. The van der Waals surface area contributed by atoms with Crippen molar-refractivity contribution >= 4 is 15.7 Å². The summed E-state index contributed by atoms with van der Waals surface area (Å²) in [6.45, 7) is 6.44. The van der Waals surface area contributed by atoms with Gasteiger partial charge in [0.2, 0.25) is 10.0 Å². The van der Waals surface area contributed by atoms with Crippen LogP contribution in [-0.4, -0.2) is 30.7 Å². The lowest BCUT2D eigenvalue weighted by molar-refractivity contribution is -0.385. The molecule has 116 valence electrons. The molecule has 0 amide bonds. The molecule has 1 fully saturated rings. The van der Waals surface area contributed by atoms with E-state index in [1.807, 2.05) is 0 Å². The Morgan fingerprint density at radius 3 is 2.33 bits per heavy atom. The molecule has 0 bridgehead atoms. The Morgan fingerprint density at radius 1 is 1.24 bits per heavy atom. The van der Waals surface area contributed by atoms with Gasteiger partial charge in [-0.15, -0.1) is 0 Å². The van der Waals surface area contributed by atoms with Crippen molar-refractivity contribution in [1.82, 2.24) is 4.31 Å². The standard InChI is InChI=1S/C14H20N2O4S/c1-10-4-6-15(7-5-10)21(19,20)14-9-13(16(17)18)8-11(2)12(14)3/h8-10H,4-7H2,1-3H3. The van der Waals surface area contributed by atoms with Crippen LogP contribution in [0.2, 0.25) is 0 Å². The smallest absolute Gasteiger partial charge is 0.258 e. The molecule has 1 aliphatic heterocycles. The number of hydrogen-bond acceptors (Lipinski definition) is 4. The molecule has 1 heterocycles. The zero-order valence-electron chi connectivity index (χ0n) is 12.5. The van der Waals surface area contributed by atoms with Crippen molar-refractivity contribution in [1.29, 1.82) is 0 Å². The third kappa shape index (κ3) is 3.08. The van der Waals surface area contributed by atoms with E-state index in [2.05, 4.69) is 6.92 Å². The maximum Gasteiger partial charge on any atom is 0.271 e. The van der Waals surface area contributed by atoms with E-state index >= 15 is 0 Å². The summed E-state index contributed by atoms with van der Waals surface area (Å²) in [6.07, 6.45) is 1.65. The highest BCUT2D eigenvalue weighted by atomic mass is 32.2. The summed E-state index contributed by atoms with van der Waals surface area (Å²) >= 11 is 0. The largest absolute Gasteiger partial charge is 0.271 e. The van der Waals surface area contributed by atoms with Crippen molar-refractivity contribution in [3.8, 4) is 0 Å². The number of non-ortho nitro benzene ring substituents is 1. The zero-order valence-corrected chi connectivity index (χ0v) is 13.3. The first kappa shape index (κ1) is 15.9. The van der Waals surface area contributed by atoms with Gasteiger partial charge in [-0.25, -0.2) is 8.42 Å². The molecule has 1 aromatic carbocycles. The van der Waals surface area contributed by atoms with E-state index in [0.29, 0.717) is 30.1 Å². The van der Waals surface area contributed by atoms with Crippen molar-refractivity contribution in [2.75, 3.05) is 13.1 Å². The molecule has 1 saturated heterocycles. The minimum absolute atomic E-state index is 0.0590. The normalized spacial score (nSPS) is 17.9. The highest BCUT2D eigenvalue weighted by molar-refractivity contribution is 7.89. The minimum Gasteiger partial charge on any atom is -0.258 e. The highest BCUT2D eigenvalue weighted by Gasteiger charge is 2.31. The lowest BCUT2D eigenvalue weighted by Gasteiger charge is -2.30. The molecule has 0 spiro atoms. The third-order valence-corrected chi connectivity index (χ3v) is 6.20. The molecule has 2 rings (SSSR count). The lowest BCUT2D eigenvalue weighted by Crippen LogP contribution is -2.38. The van der Waals surface area contributed by atoms with E-state index in [9.17, 15) is 18.5 Å². The van der Waals surface area contributed by atoms with Crippen LogP contribution in [0.15, 0.2) is 17.0 Å². The Labute approximate surface area is 125 Å². The summed E-state index contributed by atoms with van der Waals surface area (Å²) in [5.74, 6) is 0.518. The van der Waals surface area contributed by atoms with Crippen molar-refractivity contribution in [2.24, 2.45) is 5.92 Å². The Balaban J connectivity index is 2.47. The molecule has 21 heavy (non-hydrogen) atoms. The van der Waals surface area contributed by atoms with E-state index in [1.165, 1.54) is 16.4 Å². The molecule has 1 aromatic rings. The number of sulfonamides is 1. The van der Waals surface area contributed by atoms with Crippen molar-refractivity contribution < 1.29 is 13.3 Å². The number of rotatable bonds is 3. The summed E-state index contributed by atoms with van der Waals surface area (Å²) in [7, 11) is -3.67. The van der Waals surface area contributed by atoms with Gasteiger partial charge in [0.15, 0.2) is 0 Å². The Morgan fingerprint density at radius 2 is 1.81 bits per heavy atom. The van der Waals surface area contributed by atoms with Crippen LogP contribution in [0.5, 0.6) is 0 Å². The topological polar surface area (TPSA) is 80.5 Å². The van der Waals surface area contributed by atoms with Crippen LogP contribution in [0.1, 0.15) is 30.9 Å². The first-order valence-electron chi connectivity index (χ1n) is 6.99. The zero-order chi connectivity index (χ0) is 15.8. The average Bonchev–Trinajstić information content (AvgIpc) is 2.41. The maximum absolute atomic E-state index is 12.7. The molecular weight excluding hydrogens is 292 g/mol. The first-order chi connectivity index (χ1) is 9.73. The van der Waals surface area contributed by atoms with Gasteiger partial charge in [-0.05, 0) is 43.7 Å². The van der Waals surface area contributed by atoms with Gasteiger partial charge in [0, 0.05) is 25.2 Å². The van der Waals surface area contributed by atoms with Crippen LogP contribution in [0.25, 0.3) is 0 Å². The first-order valence-corrected chi connectivity index (χ1v) is 8.43. The van der Waals surface area contributed by atoms with Crippen LogP contribution in [0.3, 0.4) is 0 Å². The molecule has 6 nitrogen and oxygen atoms in total. The fourth-order valence-corrected chi connectivity index (χ4v) is 4.33. The molecule has 0 aliphatic carbocycles. The minimum atomic E-state index is -3.67. The fourth-order valence-electron chi connectivity index (χ4n) is 2.55. The second kappa shape index (κ2) is 5.73. The van der Waals surface area contributed by atoms with Crippen molar-refractivity contribution in [2.45, 2.75) is 38.5 Å². The van der Waals surface area contributed by atoms with Gasteiger partial charge >= 0.3 is 0 Å². The van der Waals surface area contributed by atoms with E-state index in [-0.39, 0.29) is 10.6 Å². The van der Waals surface area contributed by atoms with Gasteiger partial charge in [-0.1, -0.05) is 6.92 Å². The highest BCUT2D eigenvalue weighted by Crippen LogP contribution is 2.30. The number of nitro groups is 1. The van der Waals surface area contributed by atoms with E-state index in [1.54, 1.807) is 13.8 Å². The van der Waals surface area contributed by atoms with Crippen LogP contribution in [-0.2, 0) is 10.0 Å². The number of nitrogens with zero attached hydrogens (tertiary/aromatic N) is 2. The van der Waals surface area contributed by atoms with E-state index in [4.69, 9.17) is 0 Å². The molecule has 0 atom stereocenters. The quantitative estimate of drug-likeness (QED) is 0.634. The summed E-state index contributed by atoms with van der Waals surface area (Å²) in [5.41, 5.74) is 1.02. The molecule has 0 aromatic heterocycles. The van der Waals surface area contributed by atoms with Gasteiger partial charge in [0.25, 0.3) is 5.69 Å². The number of aryl methyl sites for hydroxylation is 1.